The number of carboxylic acid groups (broad SMARTS) is 1. The molecule has 4 aromatic carbocycles. The van der Waals surface area contributed by atoms with Crippen molar-refractivity contribution in [3.8, 4) is 28.3 Å². The average Bonchev–Trinajstić information content (AvgIpc) is 3.72. The van der Waals surface area contributed by atoms with E-state index in [9.17, 15) is 19.8 Å². The van der Waals surface area contributed by atoms with Gasteiger partial charge in [-0.15, -0.1) is 0 Å². The van der Waals surface area contributed by atoms with Crippen molar-refractivity contribution in [1.29, 1.82) is 0 Å². The average molecular weight is 650 g/mol. The van der Waals surface area contributed by atoms with Crippen molar-refractivity contribution in [2.24, 2.45) is 0 Å². The van der Waals surface area contributed by atoms with E-state index in [1.807, 2.05) is 30.5 Å². The van der Waals surface area contributed by atoms with Gasteiger partial charge in [-0.2, -0.15) is 0 Å². The maximum Gasteiger partial charge on any atom is 0.326 e. The summed E-state index contributed by atoms with van der Waals surface area (Å²) >= 11 is 0. The molecule has 1 saturated carbocycles. The van der Waals surface area contributed by atoms with Gasteiger partial charge in [-0.05, 0) is 72.5 Å². The van der Waals surface area contributed by atoms with Crippen LogP contribution in [0.5, 0.6) is 5.75 Å². The van der Waals surface area contributed by atoms with Crippen LogP contribution in [0.25, 0.3) is 55.4 Å². The fourth-order valence-electron chi connectivity index (χ4n) is 7.20. The number of phenols is 1. The molecular weight excluding hydrogens is 614 g/mol. The third-order valence-corrected chi connectivity index (χ3v) is 9.72. The number of phenolic OH excluding ortho intramolecular Hbond substituents is 1. The molecule has 3 heterocycles. The van der Waals surface area contributed by atoms with Gasteiger partial charge in [0.05, 0.1) is 16.6 Å². The molecule has 4 N–H and O–H groups in total. The maximum absolute atomic E-state index is 13.5. The fraction of sp³-hybridized carbons (Fsp3) is 0.200. The molecule has 0 aliphatic heterocycles. The van der Waals surface area contributed by atoms with Crippen LogP contribution in [0.3, 0.4) is 0 Å². The predicted molar refractivity (Wildman–Crippen MR) is 191 cm³/mol. The second-order valence-electron chi connectivity index (χ2n) is 12.9. The van der Waals surface area contributed by atoms with Crippen molar-refractivity contribution in [3.63, 3.8) is 0 Å². The number of amides is 1. The second-order valence-corrected chi connectivity index (χ2v) is 12.9. The number of aromatic hydroxyl groups is 1. The SMILES string of the molecule is O=C(NC(Cc1c[nH]c2ccc(O)cc12)C(=O)O)c1ccc2c(c1)nc(-c1ccc3cc(-c4ccccc4)cnc3c1)n2C1CCCCC1. The number of carbonyl (C=O) groups excluding carboxylic acids is 1. The summed E-state index contributed by atoms with van der Waals surface area (Å²) in [5, 5.41) is 24.5. The zero-order valence-corrected chi connectivity index (χ0v) is 26.8. The van der Waals surface area contributed by atoms with Crippen LogP contribution in [0.1, 0.15) is 54.1 Å². The number of pyridine rings is 1. The number of hydrogen-bond donors (Lipinski definition) is 4. The summed E-state index contributed by atoms with van der Waals surface area (Å²) in [4.78, 5) is 38.8. The maximum atomic E-state index is 13.5. The molecule has 0 radical (unpaired) electrons. The van der Waals surface area contributed by atoms with Crippen molar-refractivity contribution in [2.45, 2.75) is 50.6 Å². The van der Waals surface area contributed by atoms with Gasteiger partial charge in [0.15, 0.2) is 0 Å². The van der Waals surface area contributed by atoms with Gasteiger partial charge in [-0.3, -0.25) is 9.78 Å². The molecule has 9 nitrogen and oxygen atoms in total. The summed E-state index contributed by atoms with van der Waals surface area (Å²) in [5.74, 6) is -0.716. The van der Waals surface area contributed by atoms with Gasteiger partial charge in [0.2, 0.25) is 0 Å². The molecule has 0 saturated heterocycles. The van der Waals surface area contributed by atoms with Gasteiger partial charge in [-0.1, -0.05) is 61.7 Å². The molecule has 7 aromatic rings. The number of rotatable bonds is 8. The van der Waals surface area contributed by atoms with Gasteiger partial charge in [0, 0.05) is 57.8 Å². The van der Waals surface area contributed by atoms with Gasteiger partial charge >= 0.3 is 5.97 Å². The van der Waals surface area contributed by atoms with Crippen LogP contribution >= 0.6 is 0 Å². The number of carbonyl (C=O) groups is 2. The molecule has 1 aliphatic rings. The van der Waals surface area contributed by atoms with E-state index in [4.69, 9.17) is 9.97 Å². The van der Waals surface area contributed by atoms with Crippen molar-refractivity contribution in [2.75, 3.05) is 0 Å². The summed E-state index contributed by atoms with van der Waals surface area (Å²) in [6.45, 7) is 0. The molecule has 3 aromatic heterocycles. The summed E-state index contributed by atoms with van der Waals surface area (Å²) in [5.41, 5.74) is 7.44. The summed E-state index contributed by atoms with van der Waals surface area (Å²) in [6, 6.07) is 28.1. The molecule has 1 amide bonds. The molecule has 1 unspecified atom stereocenters. The number of aliphatic carboxylic acids is 1. The van der Waals surface area contributed by atoms with Crippen LogP contribution in [0.15, 0.2) is 103 Å². The Balaban J connectivity index is 1.12. The van der Waals surface area contributed by atoms with Crippen molar-refractivity contribution in [1.82, 2.24) is 24.8 Å². The lowest BCUT2D eigenvalue weighted by atomic mass is 9.94. The number of imidazole rings is 1. The minimum absolute atomic E-state index is 0.0517. The van der Waals surface area contributed by atoms with E-state index in [1.165, 1.54) is 6.42 Å². The van der Waals surface area contributed by atoms with Crippen LogP contribution in [0.4, 0.5) is 0 Å². The summed E-state index contributed by atoms with van der Waals surface area (Å²) < 4.78 is 2.32. The van der Waals surface area contributed by atoms with E-state index in [2.05, 4.69) is 51.3 Å². The Morgan fingerprint density at radius 2 is 1.71 bits per heavy atom. The minimum Gasteiger partial charge on any atom is -0.508 e. The highest BCUT2D eigenvalue weighted by molar-refractivity contribution is 6.00. The number of nitrogens with zero attached hydrogens (tertiary/aromatic N) is 3. The van der Waals surface area contributed by atoms with E-state index in [0.717, 1.165) is 70.1 Å². The van der Waals surface area contributed by atoms with Gasteiger partial charge in [0.25, 0.3) is 5.91 Å². The number of fused-ring (bicyclic) bond motifs is 3. The largest absolute Gasteiger partial charge is 0.508 e. The molecule has 0 spiro atoms. The lowest BCUT2D eigenvalue weighted by Gasteiger charge is -2.25. The van der Waals surface area contributed by atoms with Gasteiger partial charge in [0.1, 0.15) is 17.6 Å². The second kappa shape index (κ2) is 12.6. The standard InChI is InChI=1S/C40H35N5O4/c46-31-14-15-33-32(21-31)29(23-41-33)20-36(40(48)49)44-39(47)27-13-16-37-35(19-27)43-38(45(37)30-9-5-2-6-10-30)26-12-11-25-17-28(22-42-34(25)18-26)24-7-3-1-4-8-24/h1,3-4,7-8,11-19,21-23,30,36,41,46H,2,5-6,9-10,20H2,(H,44,47)(H,48,49). The zero-order valence-electron chi connectivity index (χ0n) is 26.8. The molecule has 49 heavy (non-hydrogen) atoms. The Labute approximate surface area is 282 Å². The smallest absolute Gasteiger partial charge is 0.326 e. The third kappa shape index (κ3) is 5.88. The topological polar surface area (TPSA) is 133 Å². The Morgan fingerprint density at radius 1 is 0.878 bits per heavy atom. The molecule has 1 aliphatic carbocycles. The van der Waals surface area contributed by atoms with Crippen LogP contribution in [0, 0.1) is 0 Å². The van der Waals surface area contributed by atoms with Crippen LogP contribution < -0.4 is 5.32 Å². The first-order valence-corrected chi connectivity index (χ1v) is 16.7. The normalized spacial score (nSPS) is 14.4. The quantitative estimate of drug-likeness (QED) is 0.132. The highest BCUT2D eigenvalue weighted by Gasteiger charge is 2.26. The molecule has 1 atom stereocenters. The highest BCUT2D eigenvalue weighted by atomic mass is 16.4. The van der Waals surface area contributed by atoms with Crippen molar-refractivity contribution >= 4 is 44.7 Å². The van der Waals surface area contributed by atoms with E-state index in [0.29, 0.717) is 22.0 Å². The molecule has 9 heteroatoms. The molecule has 8 rings (SSSR count). The van der Waals surface area contributed by atoms with Gasteiger partial charge in [-0.25, -0.2) is 9.78 Å². The Bertz CT molecular complexity index is 2350. The first kappa shape index (κ1) is 30.4. The van der Waals surface area contributed by atoms with E-state index in [-0.39, 0.29) is 18.2 Å². The molecular formula is C40H35N5O4. The third-order valence-electron chi connectivity index (χ3n) is 9.72. The summed E-state index contributed by atoms with van der Waals surface area (Å²) in [7, 11) is 0. The monoisotopic (exact) mass is 649 g/mol. The van der Waals surface area contributed by atoms with Crippen LogP contribution in [-0.2, 0) is 11.2 Å². The van der Waals surface area contributed by atoms with E-state index in [1.54, 1.807) is 36.5 Å². The molecule has 0 bridgehead atoms. The Hall–Kier alpha value is -5.96. The van der Waals surface area contributed by atoms with Crippen LogP contribution in [0.2, 0.25) is 0 Å². The van der Waals surface area contributed by atoms with E-state index < -0.39 is 17.9 Å². The summed E-state index contributed by atoms with van der Waals surface area (Å²) in [6.07, 6.45) is 9.30. The zero-order chi connectivity index (χ0) is 33.5. The number of hydrogen-bond acceptors (Lipinski definition) is 5. The number of H-pyrrole nitrogens is 1. The highest BCUT2D eigenvalue weighted by Crippen LogP contribution is 2.37. The van der Waals surface area contributed by atoms with Crippen LogP contribution in [-0.4, -0.2) is 47.7 Å². The number of carboxylic acids is 1. The Morgan fingerprint density at radius 3 is 2.53 bits per heavy atom. The number of aromatic amines is 1. The number of aromatic nitrogens is 4. The number of benzene rings is 4. The lowest BCUT2D eigenvalue weighted by Crippen LogP contribution is -2.42. The van der Waals surface area contributed by atoms with E-state index >= 15 is 0 Å². The fourth-order valence-corrected chi connectivity index (χ4v) is 7.20. The van der Waals surface area contributed by atoms with Crippen molar-refractivity contribution < 1.29 is 19.8 Å². The lowest BCUT2D eigenvalue weighted by molar-refractivity contribution is -0.139. The first-order valence-electron chi connectivity index (χ1n) is 16.7. The molecule has 1 fully saturated rings. The minimum atomic E-state index is -1.17. The Kier molecular flexibility index (Phi) is 7.80. The number of nitrogens with one attached hydrogen (secondary N) is 2. The van der Waals surface area contributed by atoms with Gasteiger partial charge < -0.3 is 25.1 Å². The predicted octanol–water partition coefficient (Wildman–Crippen LogP) is 8.04. The van der Waals surface area contributed by atoms with Crippen molar-refractivity contribution in [3.05, 3.63) is 115 Å². The first-order chi connectivity index (χ1) is 23.9. The molecule has 244 valence electrons.